The molecule has 1 aromatic carbocycles. The summed E-state index contributed by atoms with van der Waals surface area (Å²) in [6.45, 7) is 9.09. The lowest BCUT2D eigenvalue weighted by Gasteiger charge is -2.11. The van der Waals surface area contributed by atoms with Gasteiger partial charge in [-0.05, 0) is 30.9 Å². The van der Waals surface area contributed by atoms with Crippen LogP contribution >= 0.6 is 0 Å². The maximum Gasteiger partial charge on any atom is 0.218 e. The van der Waals surface area contributed by atoms with Gasteiger partial charge < -0.3 is 10.1 Å². The number of nitrogens with zero attached hydrogens (tertiary/aromatic N) is 2. The van der Waals surface area contributed by atoms with Crippen LogP contribution in [0.1, 0.15) is 44.7 Å². The average molecular weight is 285 g/mol. The molecule has 0 aliphatic carbocycles. The van der Waals surface area contributed by atoms with Gasteiger partial charge in [0, 0.05) is 12.6 Å². The Morgan fingerprint density at radius 2 is 1.76 bits per heavy atom. The molecule has 1 aromatic heterocycles. The quantitative estimate of drug-likeness (QED) is 0.871. The summed E-state index contributed by atoms with van der Waals surface area (Å²) >= 11 is 0. The average Bonchev–Trinajstić information content (AvgIpc) is 2.45. The first-order chi connectivity index (χ1) is 10.0. The van der Waals surface area contributed by atoms with E-state index in [4.69, 9.17) is 4.74 Å². The molecule has 4 heteroatoms. The van der Waals surface area contributed by atoms with Crippen LogP contribution in [0.3, 0.4) is 0 Å². The van der Waals surface area contributed by atoms with E-state index in [1.807, 2.05) is 19.9 Å². The first kappa shape index (κ1) is 15.3. The van der Waals surface area contributed by atoms with Gasteiger partial charge in [-0.1, -0.05) is 38.1 Å². The number of ether oxygens (including phenoxy) is 1. The zero-order valence-corrected chi connectivity index (χ0v) is 13.1. The summed E-state index contributed by atoms with van der Waals surface area (Å²) in [5.41, 5.74) is 2.58. The van der Waals surface area contributed by atoms with Gasteiger partial charge >= 0.3 is 0 Å². The van der Waals surface area contributed by atoms with E-state index in [-0.39, 0.29) is 6.10 Å². The minimum absolute atomic E-state index is 0.108. The molecular weight excluding hydrogens is 262 g/mol. The first-order valence-electron chi connectivity index (χ1n) is 7.36. The van der Waals surface area contributed by atoms with Crippen LogP contribution in [0.25, 0.3) is 0 Å². The Morgan fingerprint density at radius 3 is 2.38 bits per heavy atom. The molecule has 0 saturated carbocycles. The fourth-order valence-corrected chi connectivity index (χ4v) is 1.96. The highest BCUT2D eigenvalue weighted by Gasteiger charge is 2.03. The summed E-state index contributed by atoms with van der Waals surface area (Å²) in [7, 11) is 0. The van der Waals surface area contributed by atoms with Crippen LogP contribution in [-0.4, -0.2) is 16.1 Å². The third kappa shape index (κ3) is 4.74. The molecule has 2 rings (SSSR count). The van der Waals surface area contributed by atoms with Gasteiger partial charge in [0.2, 0.25) is 5.88 Å². The van der Waals surface area contributed by atoms with Crippen LogP contribution in [0.15, 0.2) is 36.7 Å². The Kier molecular flexibility index (Phi) is 5.14. The molecule has 0 aliphatic rings. The maximum absolute atomic E-state index is 5.56. The summed E-state index contributed by atoms with van der Waals surface area (Å²) in [6.07, 6.45) is 1.62. The lowest BCUT2D eigenvalue weighted by molar-refractivity contribution is 0.232. The van der Waals surface area contributed by atoms with Gasteiger partial charge in [-0.25, -0.2) is 9.97 Å². The molecule has 4 nitrogen and oxygen atoms in total. The van der Waals surface area contributed by atoms with Crippen molar-refractivity contribution in [1.29, 1.82) is 0 Å². The lowest BCUT2D eigenvalue weighted by Crippen LogP contribution is -2.08. The molecule has 0 saturated heterocycles. The molecular formula is C17H23N3O. The van der Waals surface area contributed by atoms with Crippen molar-refractivity contribution in [2.45, 2.75) is 46.3 Å². The number of aromatic nitrogens is 2. The second-order valence-electron chi connectivity index (χ2n) is 5.66. The van der Waals surface area contributed by atoms with Gasteiger partial charge in [0.1, 0.15) is 12.1 Å². The van der Waals surface area contributed by atoms with Gasteiger partial charge in [0.05, 0.1) is 6.10 Å². The summed E-state index contributed by atoms with van der Waals surface area (Å²) < 4.78 is 5.56. The molecule has 0 radical (unpaired) electrons. The van der Waals surface area contributed by atoms with Crippen molar-refractivity contribution < 1.29 is 4.74 Å². The van der Waals surface area contributed by atoms with Gasteiger partial charge in [-0.15, -0.1) is 0 Å². The van der Waals surface area contributed by atoms with Crippen molar-refractivity contribution in [3.8, 4) is 5.88 Å². The molecule has 0 amide bonds. The zero-order valence-electron chi connectivity index (χ0n) is 13.1. The topological polar surface area (TPSA) is 47.0 Å². The van der Waals surface area contributed by atoms with Crippen LogP contribution in [0.2, 0.25) is 0 Å². The van der Waals surface area contributed by atoms with E-state index in [1.54, 1.807) is 0 Å². The third-order valence-corrected chi connectivity index (χ3v) is 3.12. The minimum atomic E-state index is 0.108. The van der Waals surface area contributed by atoms with Crippen LogP contribution < -0.4 is 10.1 Å². The fourth-order valence-electron chi connectivity index (χ4n) is 1.96. The molecule has 1 N–H and O–H groups in total. The van der Waals surface area contributed by atoms with Crippen molar-refractivity contribution in [1.82, 2.24) is 9.97 Å². The summed E-state index contributed by atoms with van der Waals surface area (Å²) in [6, 6.07) is 10.5. The van der Waals surface area contributed by atoms with Crippen LogP contribution in [0, 0.1) is 0 Å². The molecule has 2 aromatic rings. The summed E-state index contributed by atoms with van der Waals surface area (Å²) in [5.74, 6) is 1.93. The predicted octanol–water partition coefficient (Wildman–Crippen LogP) is 4.00. The smallest absolute Gasteiger partial charge is 0.218 e. The number of benzene rings is 1. The SMILES string of the molecule is CC(C)Oc1cc(NCc2ccc(C(C)C)cc2)ncn1. The molecule has 0 bridgehead atoms. The van der Waals surface area contributed by atoms with E-state index in [2.05, 4.69) is 53.4 Å². The molecule has 0 atom stereocenters. The Balaban J connectivity index is 1.96. The van der Waals surface area contributed by atoms with Crippen molar-refractivity contribution in [2.75, 3.05) is 5.32 Å². The van der Waals surface area contributed by atoms with E-state index in [1.165, 1.54) is 17.5 Å². The van der Waals surface area contributed by atoms with Gasteiger partial charge in [0.25, 0.3) is 0 Å². The van der Waals surface area contributed by atoms with E-state index >= 15 is 0 Å². The zero-order chi connectivity index (χ0) is 15.2. The van der Waals surface area contributed by atoms with Gasteiger partial charge in [-0.3, -0.25) is 0 Å². The molecule has 1 heterocycles. The summed E-state index contributed by atoms with van der Waals surface area (Å²) in [5, 5.41) is 3.29. The standard InChI is InChI=1S/C17H23N3O/c1-12(2)15-7-5-14(6-8-15)10-18-16-9-17(20-11-19-16)21-13(3)4/h5-9,11-13H,10H2,1-4H3,(H,18,19,20). The number of anilines is 1. The second-order valence-corrected chi connectivity index (χ2v) is 5.66. The van der Waals surface area contributed by atoms with E-state index < -0.39 is 0 Å². The Hall–Kier alpha value is -2.10. The molecule has 0 unspecified atom stereocenters. The number of hydrogen-bond acceptors (Lipinski definition) is 4. The Morgan fingerprint density at radius 1 is 1.05 bits per heavy atom. The van der Waals surface area contributed by atoms with E-state index in [0.29, 0.717) is 11.8 Å². The Bertz CT molecular complexity index is 565. The highest BCUT2D eigenvalue weighted by molar-refractivity contribution is 5.38. The number of nitrogens with one attached hydrogen (secondary N) is 1. The molecule has 21 heavy (non-hydrogen) atoms. The Labute approximate surface area is 126 Å². The molecule has 0 aliphatic heterocycles. The van der Waals surface area contributed by atoms with Crippen LogP contribution in [-0.2, 0) is 6.54 Å². The van der Waals surface area contributed by atoms with Crippen molar-refractivity contribution in [2.24, 2.45) is 0 Å². The first-order valence-corrected chi connectivity index (χ1v) is 7.36. The van der Waals surface area contributed by atoms with Crippen molar-refractivity contribution in [3.63, 3.8) is 0 Å². The normalized spacial score (nSPS) is 11.0. The highest BCUT2D eigenvalue weighted by atomic mass is 16.5. The monoisotopic (exact) mass is 285 g/mol. The van der Waals surface area contributed by atoms with Gasteiger partial charge in [-0.2, -0.15) is 0 Å². The van der Waals surface area contributed by atoms with E-state index in [9.17, 15) is 0 Å². The van der Waals surface area contributed by atoms with Crippen LogP contribution in [0.4, 0.5) is 5.82 Å². The fraction of sp³-hybridized carbons (Fsp3) is 0.412. The summed E-state index contributed by atoms with van der Waals surface area (Å²) in [4.78, 5) is 8.30. The lowest BCUT2D eigenvalue weighted by atomic mass is 10.0. The van der Waals surface area contributed by atoms with Gasteiger partial charge in [0.15, 0.2) is 0 Å². The largest absolute Gasteiger partial charge is 0.475 e. The van der Waals surface area contributed by atoms with Crippen molar-refractivity contribution >= 4 is 5.82 Å². The molecule has 112 valence electrons. The minimum Gasteiger partial charge on any atom is -0.475 e. The molecule has 0 spiro atoms. The maximum atomic E-state index is 5.56. The molecule has 0 fully saturated rings. The third-order valence-electron chi connectivity index (χ3n) is 3.12. The highest BCUT2D eigenvalue weighted by Crippen LogP contribution is 2.16. The van der Waals surface area contributed by atoms with E-state index in [0.717, 1.165) is 12.4 Å². The number of hydrogen-bond donors (Lipinski definition) is 1. The van der Waals surface area contributed by atoms with Crippen molar-refractivity contribution in [3.05, 3.63) is 47.8 Å². The second kappa shape index (κ2) is 7.07. The van der Waals surface area contributed by atoms with Crippen LogP contribution in [0.5, 0.6) is 5.88 Å². The number of rotatable bonds is 6. The predicted molar refractivity (Wildman–Crippen MR) is 85.7 cm³/mol.